The SMILES string of the molecule is O=C(c1cccc([N+](=O)[O-])c1)N1CCN(c2cc(Oc3cccc(F)c3)ncn2)CC1. The number of halogens is 1. The number of anilines is 1. The largest absolute Gasteiger partial charge is 0.439 e. The van der Waals surface area contributed by atoms with Crippen molar-refractivity contribution >= 4 is 17.4 Å². The zero-order valence-corrected chi connectivity index (χ0v) is 16.3. The maximum Gasteiger partial charge on any atom is 0.270 e. The number of benzene rings is 2. The molecule has 1 aliphatic heterocycles. The Hall–Kier alpha value is -4.08. The lowest BCUT2D eigenvalue weighted by Gasteiger charge is -2.35. The first-order valence-electron chi connectivity index (χ1n) is 9.54. The molecule has 0 N–H and O–H groups in total. The number of non-ortho nitro benzene ring substituents is 1. The Balaban J connectivity index is 1.40. The molecule has 4 rings (SSSR count). The average Bonchev–Trinajstić information content (AvgIpc) is 2.79. The van der Waals surface area contributed by atoms with Gasteiger partial charge >= 0.3 is 0 Å². The van der Waals surface area contributed by atoms with E-state index in [1.54, 1.807) is 29.2 Å². The van der Waals surface area contributed by atoms with Crippen molar-refractivity contribution in [3.63, 3.8) is 0 Å². The fourth-order valence-electron chi connectivity index (χ4n) is 3.28. The van der Waals surface area contributed by atoms with Crippen molar-refractivity contribution in [2.75, 3.05) is 31.1 Å². The molecule has 31 heavy (non-hydrogen) atoms. The number of amides is 1. The lowest BCUT2D eigenvalue weighted by atomic mass is 10.1. The van der Waals surface area contributed by atoms with Crippen LogP contribution in [-0.2, 0) is 0 Å². The number of carbonyl (C=O) groups excluding carboxylic acids is 1. The molecule has 9 nitrogen and oxygen atoms in total. The average molecular weight is 423 g/mol. The number of carbonyl (C=O) groups is 1. The van der Waals surface area contributed by atoms with Crippen LogP contribution in [0.4, 0.5) is 15.9 Å². The summed E-state index contributed by atoms with van der Waals surface area (Å²) in [6.07, 6.45) is 1.37. The molecule has 1 amide bonds. The maximum absolute atomic E-state index is 13.3. The number of nitro groups is 1. The molecule has 1 fully saturated rings. The molecule has 2 aromatic carbocycles. The molecule has 0 bridgehead atoms. The van der Waals surface area contributed by atoms with Gasteiger partial charge in [0.1, 0.15) is 23.7 Å². The molecule has 1 aromatic heterocycles. The van der Waals surface area contributed by atoms with Gasteiger partial charge in [-0.25, -0.2) is 14.4 Å². The summed E-state index contributed by atoms with van der Waals surface area (Å²) in [7, 11) is 0. The quantitative estimate of drug-likeness (QED) is 0.458. The molecule has 0 spiro atoms. The molecule has 0 aliphatic carbocycles. The summed E-state index contributed by atoms with van der Waals surface area (Å²) in [6, 6.07) is 13.1. The molecule has 0 atom stereocenters. The Morgan fingerprint density at radius 3 is 2.55 bits per heavy atom. The van der Waals surface area contributed by atoms with Gasteiger partial charge in [0.2, 0.25) is 5.88 Å². The highest BCUT2D eigenvalue weighted by Gasteiger charge is 2.24. The van der Waals surface area contributed by atoms with E-state index < -0.39 is 10.7 Å². The topological polar surface area (TPSA) is 102 Å². The molecular formula is C21H18FN5O4. The predicted molar refractivity (Wildman–Crippen MR) is 110 cm³/mol. The van der Waals surface area contributed by atoms with Gasteiger partial charge in [-0.1, -0.05) is 12.1 Å². The minimum absolute atomic E-state index is 0.115. The monoisotopic (exact) mass is 423 g/mol. The van der Waals surface area contributed by atoms with Gasteiger partial charge in [-0.3, -0.25) is 14.9 Å². The highest BCUT2D eigenvalue weighted by Crippen LogP contribution is 2.24. The molecule has 0 unspecified atom stereocenters. The number of hydrogen-bond donors (Lipinski definition) is 0. The van der Waals surface area contributed by atoms with Gasteiger partial charge < -0.3 is 14.5 Å². The number of piperazine rings is 1. The minimum atomic E-state index is -0.521. The van der Waals surface area contributed by atoms with E-state index in [-0.39, 0.29) is 23.0 Å². The van der Waals surface area contributed by atoms with Crippen molar-refractivity contribution < 1.29 is 18.8 Å². The molecule has 0 saturated carbocycles. The van der Waals surface area contributed by atoms with Crippen molar-refractivity contribution in [2.24, 2.45) is 0 Å². The first-order chi connectivity index (χ1) is 15.0. The second-order valence-electron chi connectivity index (χ2n) is 6.86. The molecule has 1 aliphatic rings. The number of rotatable bonds is 5. The third-order valence-corrected chi connectivity index (χ3v) is 4.84. The predicted octanol–water partition coefficient (Wildman–Crippen LogP) is 3.28. The summed E-state index contributed by atoms with van der Waals surface area (Å²) < 4.78 is 18.9. The highest BCUT2D eigenvalue weighted by molar-refractivity contribution is 5.95. The number of ether oxygens (including phenoxy) is 1. The highest BCUT2D eigenvalue weighted by atomic mass is 19.1. The summed E-state index contributed by atoms with van der Waals surface area (Å²) in [5.74, 6) is 0.587. The van der Waals surface area contributed by atoms with E-state index >= 15 is 0 Å². The fraction of sp³-hybridized carbons (Fsp3) is 0.190. The number of nitro benzene ring substituents is 1. The van der Waals surface area contributed by atoms with Gasteiger partial charge in [0.05, 0.1) is 4.92 Å². The Morgan fingerprint density at radius 1 is 1.03 bits per heavy atom. The van der Waals surface area contributed by atoms with Gasteiger partial charge in [0.25, 0.3) is 11.6 Å². The van der Waals surface area contributed by atoms with Crippen LogP contribution in [0, 0.1) is 15.9 Å². The van der Waals surface area contributed by atoms with Crippen LogP contribution in [-0.4, -0.2) is 51.9 Å². The van der Waals surface area contributed by atoms with E-state index in [4.69, 9.17) is 4.74 Å². The van der Waals surface area contributed by atoms with Gasteiger partial charge in [-0.05, 0) is 18.2 Å². The summed E-state index contributed by atoms with van der Waals surface area (Å²) >= 11 is 0. The molecule has 3 aromatic rings. The third-order valence-electron chi connectivity index (χ3n) is 4.84. The molecular weight excluding hydrogens is 405 g/mol. The first kappa shape index (κ1) is 20.2. The second-order valence-corrected chi connectivity index (χ2v) is 6.86. The lowest BCUT2D eigenvalue weighted by molar-refractivity contribution is -0.384. The normalized spacial score (nSPS) is 13.7. The van der Waals surface area contributed by atoms with Gasteiger partial charge in [0, 0.05) is 56.0 Å². The van der Waals surface area contributed by atoms with Crippen LogP contribution in [0.1, 0.15) is 10.4 Å². The van der Waals surface area contributed by atoms with Crippen molar-refractivity contribution in [1.29, 1.82) is 0 Å². The van der Waals surface area contributed by atoms with Crippen LogP contribution in [0.3, 0.4) is 0 Å². The fourth-order valence-corrected chi connectivity index (χ4v) is 3.28. The molecule has 0 radical (unpaired) electrons. The van der Waals surface area contributed by atoms with E-state index in [0.717, 1.165) is 0 Å². The maximum atomic E-state index is 13.3. The Morgan fingerprint density at radius 2 is 1.81 bits per heavy atom. The van der Waals surface area contributed by atoms with Crippen molar-refractivity contribution in [2.45, 2.75) is 0 Å². The molecule has 158 valence electrons. The molecule has 1 saturated heterocycles. The van der Waals surface area contributed by atoms with Gasteiger partial charge in [-0.15, -0.1) is 0 Å². The van der Waals surface area contributed by atoms with Crippen molar-refractivity contribution in [1.82, 2.24) is 14.9 Å². The lowest BCUT2D eigenvalue weighted by Crippen LogP contribution is -2.49. The second kappa shape index (κ2) is 8.74. The first-order valence-corrected chi connectivity index (χ1v) is 9.54. The van der Waals surface area contributed by atoms with Crippen LogP contribution in [0.15, 0.2) is 60.9 Å². The third kappa shape index (κ3) is 4.74. The summed E-state index contributed by atoms with van der Waals surface area (Å²) in [6.45, 7) is 1.92. The Kier molecular flexibility index (Phi) is 5.69. The minimum Gasteiger partial charge on any atom is -0.439 e. The Labute approximate surface area is 176 Å². The van der Waals surface area contributed by atoms with Crippen LogP contribution in [0.5, 0.6) is 11.6 Å². The number of aromatic nitrogens is 2. The van der Waals surface area contributed by atoms with Crippen LogP contribution in [0.2, 0.25) is 0 Å². The van der Waals surface area contributed by atoms with Crippen LogP contribution < -0.4 is 9.64 Å². The van der Waals surface area contributed by atoms with Gasteiger partial charge in [0.15, 0.2) is 0 Å². The summed E-state index contributed by atoms with van der Waals surface area (Å²) in [5, 5.41) is 10.9. The van der Waals surface area contributed by atoms with E-state index in [2.05, 4.69) is 9.97 Å². The van der Waals surface area contributed by atoms with E-state index in [1.165, 1.54) is 36.7 Å². The van der Waals surface area contributed by atoms with Gasteiger partial charge in [-0.2, -0.15) is 0 Å². The summed E-state index contributed by atoms with van der Waals surface area (Å²) in [5.41, 5.74) is 0.173. The van der Waals surface area contributed by atoms with Crippen LogP contribution >= 0.6 is 0 Å². The zero-order valence-electron chi connectivity index (χ0n) is 16.3. The number of nitrogens with zero attached hydrogens (tertiary/aromatic N) is 5. The number of hydrogen-bond acceptors (Lipinski definition) is 7. The summed E-state index contributed by atoms with van der Waals surface area (Å²) in [4.78, 5) is 35.1. The van der Waals surface area contributed by atoms with Crippen molar-refractivity contribution in [3.8, 4) is 11.6 Å². The van der Waals surface area contributed by atoms with E-state index in [0.29, 0.717) is 37.7 Å². The van der Waals surface area contributed by atoms with Crippen LogP contribution in [0.25, 0.3) is 0 Å². The zero-order chi connectivity index (χ0) is 21.8. The molecule has 10 heteroatoms. The van der Waals surface area contributed by atoms with E-state index in [1.807, 2.05) is 4.90 Å². The Bertz CT molecular complexity index is 1120. The molecule has 2 heterocycles. The van der Waals surface area contributed by atoms with E-state index in [9.17, 15) is 19.3 Å². The smallest absolute Gasteiger partial charge is 0.270 e. The standard InChI is InChI=1S/C21H18FN5O4/c22-16-4-2-6-18(12-16)31-20-13-19(23-14-24-20)25-7-9-26(10-8-25)21(28)15-3-1-5-17(11-15)27(29)30/h1-6,11-14H,7-10H2. The van der Waals surface area contributed by atoms with Crippen molar-refractivity contribution in [3.05, 3.63) is 82.4 Å².